The number of carboxylic acid groups (broad SMARTS) is 1. The average molecular weight is 309 g/mol. The van der Waals surface area contributed by atoms with Crippen LogP contribution in [0.4, 0.5) is 0 Å². The van der Waals surface area contributed by atoms with Crippen molar-refractivity contribution in [3.63, 3.8) is 0 Å². The van der Waals surface area contributed by atoms with Crippen LogP contribution in [0, 0.1) is 13.8 Å². The molecule has 0 bridgehead atoms. The molecule has 6 heteroatoms. The number of carbonyl (C=O) groups excluding carboxylic acids is 1. The minimum absolute atomic E-state index is 0.101. The Kier molecular flexibility index (Phi) is 7.39. The van der Waals surface area contributed by atoms with Crippen LogP contribution in [0.25, 0.3) is 0 Å². The van der Waals surface area contributed by atoms with E-state index in [0.717, 1.165) is 16.9 Å². The van der Waals surface area contributed by atoms with Gasteiger partial charge in [0.1, 0.15) is 11.8 Å². The third-order valence-electron chi connectivity index (χ3n) is 3.17. The van der Waals surface area contributed by atoms with Gasteiger partial charge < -0.3 is 19.9 Å². The van der Waals surface area contributed by atoms with Crippen LogP contribution < -0.4 is 10.1 Å². The van der Waals surface area contributed by atoms with Crippen LogP contribution in [0.2, 0.25) is 0 Å². The van der Waals surface area contributed by atoms with Crippen LogP contribution in [0.15, 0.2) is 18.2 Å². The highest BCUT2D eigenvalue weighted by atomic mass is 16.5. The highest BCUT2D eigenvalue weighted by molar-refractivity contribution is 5.83. The monoisotopic (exact) mass is 309 g/mol. The molecule has 1 atom stereocenters. The summed E-state index contributed by atoms with van der Waals surface area (Å²) in [4.78, 5) is 22.8. The van der Waals surface area contributed by atoms with E-state index in [0.29, 0.717) is 0 Å². The summed E-state index contributed by atoms with van der Waals surface area (Å²) >= 11 is 0. The number of carboxylic acids is 1. The molecule has 0 heterocycles. The van der Waals surface area contributed by atoms with Gasteiger partial charge in [-0.3, -0.25) is 4.79 Å². The SMILES string of the molecule is COCC[C@@H](NC(=O)CCOc1cc(C)ccc1C)C(=O)O. The van der Waals surface area contributed by atoms with Crippen LogP contribution >= 0.6 is 0 Å². The fourth-order valence-electron chi connectivity index (χ4n) is 1.88. The lowest BCUT2D eigenvalue weighted by Crippen LogP contribution is -2.41. The van der Waals surface area contributed by atoms with Crippen molar-refractivity contribution in [2.24, 2.45) is 0 Å². The Balaban J connectivity index is 2.41. The van der Waals surface area contributed by atoms with Gasteiger partial charge in [-0.25, -0.2) is 4.79 Å². The summed E-state index contributed by atoms with van der Waals surface area (Å²) in [7, 11) is 1.48. The normalized spacial score (nSPS) is 11.8. The molecule has 6 nitrogen and oxygen atoms in total. The molecule has 0 saturated heterocycles. The number of methoxy groups -OCH3 is 1. The average Bonchev–Trinajstić information content (AvgIpc) is 2.46. The van der Waals surface area contributed by atoms with Crippen LogP contribution in [0.1, 0.15) is 24.0 Å². The largest absolute Gasteiger partial charge is 0.493 e. The number of hydrogen-bond acceptors (Lipinski definition) is 4. The molecule has 1 amide bonds. The fourth-order valence-corrected chi connectivity index (χ4v) is 1.88. The predicted octanol–water partition coefficient (Wildman–Crippen LogP) is 1.68. The highest BCUT2D eigenvalue weighted by Gasteiger charge is 2.19. The van der Waals surface area contributed by atoms with E-state index in [1.807, 2.05) is 32.0 Å². The topological polar surface area (TPSA) is 84.9 Å². The van der Waals surface area contributed by atoms with Gasteiger partial charge in [-0.1, -0.05) is 12.1 Å². The Morgan fingerprint density at radius 3 is 2.64 bits per heavy atom. The van der Waals surface area contributed by atoms with E-state index in [-0.39, 0.29) is 32.0 Å². The van der Waals surface area contributed by atoms with Crippen molar-refractivity contribution >= 4 is 11.9 Å². The molecule has 0 aliphatic heterocycles. The first-order valence-corrected chi connectivity index (χ1v) is 7.15. The molecule has 1 rings (SSSR count). The van der Waals surface area contributed by atoms with Crippen molar-refractivity contribution in [1.82, 2.24) is 5.32 Å². The van der Waals surface area contributed by atoms with E-state index in [4.69, 9.17) is 14.6 Å². The van der Waals surface area contributed by atoms with Gasteiger partial charge in [0.05, 0.1) is 13.0 Å². The van der Waals surface area contributed by atoms with E-state index in [9.17, 15) is 9.59 Å². The Labute approximate surface area is 130 Å². The summed E-state index contributed by atoms with van der Waals surface area (Å²) in [6.45, 7) is 4.37. The van der Waals surface area contributed by atoms with E-state index in [1.165, 1.54) is 7.11 Å². The van der Waals surface area contributed by atoms with Crippen LogP contribution in [0.5, 0.6) is 5.75 Å². The molecule has 0 aliphatic rings. The molecule has 22 heavy (non-hydrogen) atoms. The molecule has 0 aliphatic carbocycles. The summed E-state index contributed by atoms with van der Waals surface area (Å²) in [5.74, 6) is -0.684. The number of benzene rings is 1. The third kappa shape index (κ3) is 6.13. The number of amides is 1. The van der Waals surface area contributed by atoms with Crippen LogP contribution in [-0.4, -0.2) is 43.3 Å². The van der Waals surface area contributed by atoms with Crippen LogP contribution in [0.3, 0.4) is 0 Å². The molecule has 0 saturated carbocycles. The van der Waals surface area contributed by atoms with Crippen molar-refractivity contribution < 1.29 is 24.2 Å². The molecule has 0 unspecified atom stereocenters. The first-order chi connectivity index (χ1) is 10.4. The van der Waals surface area contributed by atoms with Gasteiger partial charge in [0.15, 0.2) is 0 Å². The van der Waals surface area contributed by atoms with Gasteiger partial charge >= 0.3 is 5.97 Å². The smallest absolute Gasteiger partial charge is 0.326 e. The van der Waals surface area contributed by atoms with Crippen molar-refractivity contribution in [2.75, 3.05) is 20.3 Å². The van der Waals surface area contributed by atoms with Gasteiger partial charge in [-0.05, 0) is 31.0 Å². The zero-order valence-electron chi connectivity index (χ0n) is 13.2. The molecular formula is C16H23NO5. The van der Waals surface area contributed by atoms with Gasteiger partial charge in [-0.15, -0.1) is 0 Å². The third-order valence-corrected chi connectivity index (χ3v) is 3.17. The van der Waals surface area contributed by atoms with Crippen molar-refractivity contribution in [1.29, 1.82) is 0 Å². The lowest BCUT2D eigenvalue weighted by molar-refractivity contribution is -0.142. The standard InChI is InChI=1S/C16H23NO5/c1-11-4-5-12(2)14(10-11)22-9-7-15(18)17-13(16(19)20)6-8-21-3/h4-5,10,13H,6-9H2,1-3H3,(H,17,18)(H,19,20)/t13-/m1/s1. The minimum Gasteiger partial charge on any atom is -0.493 e. The number of rotatable bonds is 9. The first-order valence-electron chi connectivity index (χ1n) is 7.15. The Hall–Kier alpha value is -2.08. The molecule has 1 aromatic carbocycles. The Bertz CT molecular complexity index is 515. The molecule has 0 spiro atoms. The number of hydrogen-bond donors (Lipinski definition) is 2. The number of ether oxygens (including phenoxy) is 2. The molecule has 1 aromatic rings. The molecule has 122 valence electrons. The maximum atomic E-state index is 11.8. The maximum absolute atomic E-state index is 11.8. The molecule has 0 radical (unpaired) electrons. The quantitative estimate of drug-likeness (QED) is 0.725. The number of nitrogens with one attached hydrogen (secondary N) is 1. The zero-order valence-corrected chi connectivity index (χ0v) is 13.2. The Morgan fingerprint density at radius 2 is 2.00 bits per heavy atom. The summed E-state index contributed by atoms with van der Waals surface area (Å²) in [6, 6.07) is 4.91. The minimum atomic E-state index is -1.07. The van der Waals surface area contributed by atoms with Gasteiger partial charge in [0, 0.05) is 20.1 Å². The number of aryl methyl sites for hydroxylation is 2. The lowest BCUT2D eigenvalue weighted by atomic mass is 10.1. The fraction of sp³-hybridized carbons (Fsp3) is 0.500. The van der Waals surface area contributed by atoms with Gasteiger partial charge in [-0.2, -0.15) is 0 Å². The number of aliphatic carboxylic acids is 1. The van der Waals surface area contributed by atoms with Gasteiger partial charge in [0.2, 0.25) is 5.91 Å². The number of carbonyl (C=O) groups is 2. The van der Waals surface area contributed by atoms with E-state index in [2.05, 4.69) is 5.32 Å². The van der Waals surface area contributed by atoms with E-state index < -0.39 is 12.0 Å². The van der Waals surface area contributed by atoms with Crippen molar-refractivity contribution in [2.45, 2.75) is 32.7 Å². The predicted molar refractivity (Wildman–Crippen MR) is 82.1 cm³/mol. The molecule has 0 fully saturated rings. The first kappa shape index (κ1) is 18.0. The zero-order chi connectivity index (χ0) is 16.5. The summed E-state index contributed by atoms with van der Waals surface area (Å²) < 4.78 is 10.4. The van der Waals surface area contributed by atoms with Crippen molar-refractivity contribution in [3.8, 4) is 5.75 Å². The molecule has 2 N–H and O–H groups in total. The summed E-state index contributed by atoms with van der Waals surface area (Å²) in [5.41, 5.74) is 2.07. The van der Waals surface area contributed by atoms with Gasteiger partial charge in [0.25, 0.3) is 0 Å². The van der Waals surface area contributed by atoms with E-state index in [1.54, 1.807) is 0 Å². The Morgan fingerprint density at radius 1 is 1.27 bits per heavy atom. The molecular weight excluding hydrogens is 286 g/mol. The maximum Gasteiger partial charge on any atom is 0.326 e. The second kappa shape index (κ2) is 9.04. The second-order valence-corrected chi connectivity index (χ2v) is 5.11. The van der Waals surface area contributed by atoms with E-state index >= 15 is 0 Å². The molecule has 0 aromatic heterocycles. The summed E-state index contributed by atoms with van der Waals surface area (Å²) in [5, 5.41) is 11.5. The van der Waals surface area contributed by atoms with Crippen LogP contribution in [-0.2, 0) is 14.3 Å². The van der Waals surface area contributed by atoms with Crippen molar-refractivity contribution in [3.05, 3.63) is 29.3 Å². The lowest BCUT2D eigenvalue weighted by Gasteiger charge is -2.14. The highest BCUT2D eigenvalue weighted by Crippen LogP contribution is 2.19. The summed E-state index contributed by atoms with van der Waals surface area (Å²) in [6.07, 6.45) is 0.333. The second-order valence-electron chi connectivity index (χ2n) is 5.11.